The predicted molar refractivity (Wildman–Crippen MR) is 93.2 cm³/mol. The fourth-order valence-electron chi connectivity index (χ4n) is 2.03. The van der Waals surface area contributed by atoms with Gasteiger partial charge in [-0.15, -0.1) is 21.5 Å². The van der Waals surface area contributed by atoms with E-state index in [1.54, 1.807) is 11.3 Å². The first kappa shape index (κ1) is 16.0. The van der Waals surface area contributed by atoms with Gasteiger partial charge < -0.3 is 4.42 Å². The fourth-order valence-corrected chi connectivity index (χ4v) is 3.33. The molecule has 118 valence electrons. The first-order valence-corrected chi connectivity index (χ1v) is 9.13. The smallest absolute Gasteiger partial charge is 0.277 e. The monoisotopic (exact) mass is 344 g/mol. The molecule has 2 aromatic heterocycles. The fraction of sp³-hybridized carbons (Fsp3) is 0.235. The van der Waals surface area contributed by atoms with Crippen molar-refractivity contribution in [3.05, 3.63) is 52.9 Å². The van der Waals surface area contributed by atoms with E-state index in [-0.39, 0.29) is 11.5 Å². The lowest BCUT2D eigenvalue weighted by Crippen LogP contribution is -2.02. The van der Waals surface area contributed by atoms with Crippen LogP contribution in [-0.4, -0.2) is 21.7 Å². The van der Waals surface area contributed by atoms with Gasteiger partial charge in [-0.3, -0.25) is 4.79 Å². The van der Waals surface area contributed by atoms with Crippen molar-refractivity contribution in [2.45, 2.75) is 25.0 Å². The molecule has 3 aromatic rings. The van der Waals surface area contributed by atoms with Gasteiger partial charge in [-0.2, -0.15) is 0 Å². The minimum Gasteiger partial charge on any atom is -0.410 e. The van der Waals surface area contributed by atoms with Gasteiger partial charge in [-0.05, 0) is 22.9 Å². The van der Waals surface area contributed by atoms with Crippen LogP contribution in [0, 0.1) is 0 Å². The van der Waals surface area contributed by atoms with Crippen LogP contribution in [0.4, 0.5) is 0 Å². The minimum atomic E-state index is 0.0566. The van der Waals surface area contributed by atoms with E-state index in [0.717, 1.165) is 4.88 Å². The minimum absolute atomic E-state index is 0.0566. The van der Waals surface area contributed by atoms with Crippen LogP contribution in [-0.2, 0) is 0 Å². The molecule has 0 aliphatic rings. The molecular weight excluding hydrogens is 328 g/mol. The van der Waals surface area contributed by atoms with E-state index < -0.39 is 0 Å². The average Bonchev–Trinajstić information content (AvgIpc) is 3.23. The Morgan fingerprint density at radius 2 is 2.00 bits per heavy atom. The second-order valence-electron chi connectivity index (χ2n) is 5.34. The molecule has 0 aliphatic carbocycles. The topological polar surface area (TPSA) is 56.0 Å². The number of hydrogen-bond acceptors (Lipinski definition) is 6. The maximum atomic E-state index is 12.2. The molecule has 0 saturated carbocycles. The lowest BCUT2D eigenvalue weighted by atomic mass is 10.0. The molecule has 23 heavy (non-hydrogen) atoms. The number of aromatic nitrogens is 2. The number of Topliss-reactive ketones (excluding diaryl/α,β-unsaturated/α-hetero) is 1. The zero-order chi connectivity index (χ0) is 16.2. The molecule has 0 N–H and O–H groups in total. The maximum absolute atomic E-state index is 12.2. The summed E-state index contributed by atoms with van der Waals surface area (Å²) in [6.45, 7) is 4.26. The Bertz CT molecular complexity index is 777. The third-order valence-corrected chi connectivity index (χ3v) is 5.04. The molecule has 0 atom stereocenters. The molecule has 6 heteroatoms. The van der Waals surface area contributed by atoms with E-state index in [1.807, 2.05) is 41.8 Å². The summed E-state index contributed by atoms with van der Waals surface area (Å²) in [7, 11) is 0. The molecule has 0 radical (unpaired) electrons. The van der Waals surface area contributed by atoms with Gasteiger partial charge >= 0.3 is 0 Å². The molecule has 0 unspecified atom stereocenters. The van der Waals surface area contributed by atoms with Crippen molar-refractivity contribution >= 4 is 28.9 Å². The molecule has 2 heterocycles. The van der Waals surface area contributed by atoms with E-state index >= 15 is 0 Å². The van der Waals surface area contributed by atoms with Crippen molar-refractivity contribution in [3.63, 3.8) is 0 Å². The number of carbonyl (C=O) groups is 1. The highest BCUT2D eigenvalue weighted by Crippen LogP contribution is 2.26. The summed E-state index contributed by atoms with van der Waals surface area (Å²) in [5.41, 5.74) is 1.94. The summed E-state index contributed by atoms with van der Waals surface area (Å²) in [5, 5.41) is 10.4. The van der Waals surface area contributed by atoms with Crippen LogP contribution in [0.15, 0.2) is 51.4 Å². The van der Waals surface area contributed by atoms with Crippen LogP contribution in [0.3, 0.4) is 0 Å². The van der Waals surface area contributed by atoms with E-state index in [0.29, 0.717) is 22.6 Å². The Balaban J connectivity index is 1.60. The Hall–Kier alpha value is -1.92. The number of carbonyl (C=O) groups excluding carboxylic acids is 1. The molecule has 3 rings (SSSR count). The summed E-state index contributed by atoms with van der Waals surface area (Å²) >= 11 is 2.81. The third kappa shape index (κ3) is 3.89. The zero-order valence-corrected chi connectivity index (χ0v) is 14.5. The van der Waals surface area contributed by atoms with Crippen molar-refractivity contribution in [2.75, 3.05) is 5.75 Å². The van der Waals surface area contributed by atoms with E-state index in [2.05, 4.69) is 24.0 Å². The van der Waals surface area contributed by atoms with Crippen molar-refractivity contribution in [2.24, 2.45) is 0 Å². The lowest BCUT2D eigenvalue weighted by Gasteiger charge is -2.05. The predicted octanol–water partition coefficient (Wildman–Crippen LogP) is 4.90. The van der Waals surface area contributed by atoms with Gasteiger partial charge in [0.2, 0.25) is 0 Å². The van der Waals surface area contributed by atoms with Gasteiger partial charge in [0, 0.05) is 5.56 Å². The van der Waals surface area contributed by atoms with Crippen molar-refractivity contribution in [1.29, 1.82) is 0 Å². The van der Waals surface area contributed by atoms with Gasteiger partial charge in [-0.1, -0.05) is 55.9 Å². The molecule has 0 saturated heterocycles. The highest BCUT2D eigenvalue weighted by atomic mass is 32.2. The average molecular weight is 344 g/mol. The molecule has 0 amide bonds. The molecule has 1 aromatic carbocycles. The van der Waals surface area contributed by atoms with E-state index in [4.69, 9.17) is 4.42 Å². The Morgan fingerprint density at radius 3 is 2.65 bits per heavy atom. The quantitative estimate of drug-likeness (QED) is 0.470. The number of thioether (sulfide) groups is 1. The lowest BCUT2D eigenvalue weighted by molar-refractivity contribution is 0.102. The second-order valence-corrected chi connectivity index (χ2v) is 7.21. The number of benzene rings is 1. The highest BCUT2D eigenvalue weighted by Gasteiger charge is 2.13. The van der Waals surface area contributed by atoms with Gasteiger partial charge in [0.1, 0.15) is 0 Å². The van der Waals surface area contributed by atoms with Crippen LogP contribution >= 0.6 is 23.1 Å². The summed E-state index contributed by atoms with van der Waals surface area (Å²) < 4.78 is 5.56. The number of hydrogen-bond donors (Lipinski definition) is 0. The summed E-state index contributed by atoms with van der Waals surface area (Å²) in [4.78, 5) is 13.2. The van der Waals surface area contributed by atoms with Gasteiger partial charge in [-0.25, -0.2) is 0 Å². The maximum Gasteiger partial charge on any atom is 0.277 e. The summed E-state index contributed by atoms with van der Waals surface area (Å²) in [5.74, 6) is 1.30. The highest BCUT2D eigenvalue weighted by molar-refractivity contribution is 7.99. The second kappa shape index (κ2) is 7.10. The normalized spacial score (nSPS) is 11.1. The van der Waals surface area contributed by atoms with Gasteiger partial charge in [0.05, 0.1) is 10.6 Å². The number of nitrogens with zero attached hydrogens (tertiary/aromatic N) is 2. The van der Waals surface area contributed by atoms with Crippen molar-refractivity contribution < 1.29 is 9.21 Å². The standard InChI is InChI=1S/C17H16N2O2S2/c1-11(2)12-5-7-13(8-6-12)14(20)10-23-17-19-18-16(21-17)15-4-3-9-22-15/h3-9,11H,10H2,1-2H3. The molecular formula is C17H16N2O2S2. The van der Waals surface area contributed by atoms with Crippen LogP contribution in [0.2, 0.25) is 0 Å². The first-order chi connectivity index (χ1) is 11.1. The zero-order valence-electron chi connectivity index (χ0n) is 12.9. The Morgan fingerprint density at radius 1 is 1.22 bits per heavy atom. The molecule has 0 aliphatic heterocycles. The molecule has 0 spiro atoms. The SMILES string of the molecule is CC(C)c1ccc(C(=O)CSc2nnc(-c3cccs3)o2)cc1. The summed E-state index contributed by atoms with van der Waals surface area (Å²) in [6.07, 6.45) is 0. The van der Waals surface area contributed by atoms with Crippen molar-refractivity contribution in [3.8, 4) is 10.8 Å². The largest absolute Gasteiger partial charge is 0.410 e. The van der Waals surface area contributed by atoms with Crippen LogP contribution in [0.5, 0.6) is 0 Å². The van der Waals surface area contributed by atoms with Crippen LogP contribution in [0.25, 0.3) is 10.8 Å². The molecule has 4 nitrogen and oxygen atoms in total. The van der Waals surface area contributed by atoms with Gasteiger partial charge in [0.25, 0.3) is 11.1 Å². The number of rotatable bonds is 6. The number of ketones is 1. The van der Waals surface area contributed by atoms with Crippen LogP contribution in [0.1, 0.15) is 35.7 Å². The third-order valence-electron chi connectivity index (χ3n) is 3.36. The van der Waals surface area contributed by atoms with Crippen molar-refractivity contribution in [1.82, 2.24) is 10.2 Å². The van der Waals surface area contributed by atoms with Gasteiger partial charge in [0.15, 0.2) is 5.78 Å². The summed E-state index contributed by atoms with van der Waals surface area (Å²) in [6, 6.07) is 11.6. The van der Waals surface area contributed by atoms with Crippen LogP contribution < -0.4 is 0 Å². The Kier molecular flexibility index (Phi) is 4.93. The molecule has 0 fully saturated rings. The Labute approximate surface area is 142 Å². The molecule has 0 bridgehead atoms. The van der Waals surface area contributed by atoms with E-state index in [1.165, 1.54) is 17.3 Å². The van der Waals surface area contributed by atoms with E-state index in [9.17, 15) is 4.79 Å². The first-order valence-electron chi connectivity index (χ1n) is 7.27. The number of thiophene rings is 1.